The molecule has 0 unspecified atom stereocenters. The van der Waals surface area contributed by atoms with Gasteiger partial charge in [-0.1, -0.05) is 6.07 Å². The van der Waals surface area contributed by atoms with E-state index >= 15 is 0 Å². The van der Waals surface area contributed by atoms with Gasteiger partial charge in [0, 0.05) is 47.7 Å². The average molecular weight is 352 g/mol. The molecule has 0 aliphatic carbocycles. The van der Waals surface area contributed by atoms with Crippen LogP contribution in [0.3, 0.4) is 0 Å². The predicted octanol–water partition coefficient (Wildman–Crippen LogP) is 2.80. The minimum Gasteiger partial charge on any atom is -0.337 e. The normalized spacial score (nSPS) is 17.3. The van der Waals surface area contributed by atoms with E-state index in [1.165, 1.54) is 0 Å². The molecule has 25 heavy (non-hydrogen) atoms. The van der Waals surface area contributed by atoms with Crippen molar-refractivity contribution in [2.45, 2.75) is 23.1 Å². The fourth-order valence-corrected chi connectivity index (χ4v) is 3.84. The summed E-state index contributed by atoms with van der Waals surface area (Å²) in [4.78, 5) is 20.0. The molecule has 5 nitrogen and oxygen atoms in total. The summed E-state index contributed by atoms with van der Waals surface area (Å²) in [6.45, 7) is 1.41. The van der Waals surface area contributed by atoms with Crippen molar-refractivity contribution in [3.05, 3.63) is 66.1 Å². The molecule has 3 heterocycles. The van der Waals surface area contributed by atoms with Gasteiger partial charge in [0.25, 0.3) is 5.91 Å². The van der Waals surface area contributed by atoms with Gasteiger partial charge < -0.3 is 15.0 Å². The molecule has 4 rings (SSSR count). The van der Waals surface area contributed by atoms with Crippen LogP contribution in [0.15, 0.2) is 59.8 Å². The van der Waals surface area contributed by atoms with E-state index in [1.807, 2.05) is 58.0 Å². The zero-order valence-electron chi connectivity index (χ0n) is 13.8. The smallest absolute Gasteiger partial charge is 0.253 e. The van der Waals surface area contributed by atoms with Gasteiger partial charge in [-0.25, -0.2) is 4.98 Å². The van der Waals surface area contributed by atoms with E-state index < -0.39 is 0 Å². The molecule has 0 bridgehead atoms. The zero-order chi connectivity index (χ0) is 17.2. The van der Waals surface area contributed by atoms with Crippen LogP contribution in [0.4, 0.5) is 0 Å². The third-order valence-electron chi connectivity index (χ3n) is 4.41. The lowest BCUT2D eigenvalue weighted by atomic mass is 10.2. The summed E-state index contributed by atoms with van der Waals surface area (Å²) >= 11 is 1.72. The number of fused-ring (bicyclic) bond motifs is 1. The minimum absolute atomic E-state index is 0.0739. The van der Waals surface area contributed by atoms with E-state index in [-0.39, 0.29) is 11.9 Å². The van der Waals surface area contributed by atoms with E-state index in [1.54, 1.807) is 11.8 Å². The van der Waals surface area contributed by atoms with Crippen LogP contribution in [-0.2, 0) is 5.75 Å². The van der Waals surface area contributed by atoms with Crippen molar-refractivity contribution in [2.24, 2.45) is 5.73 Å². The van der Waals surface area contributed by atoms with Gasteiger partial charge >= 0.3 is 0 Å². The number of carbonyl (C=O) groups excluding carboxylic acids is 1. The molecule has 1 aliphatic rings. The van der Waals surface area contributed by atoms with Gasteiger partial charge in [-0.2, -0.15) is 0 Å². The van der Waals surface area contributed by atoms with Gasteiger partial charge in [0.2, 0.25) is 0 Å². The van der Waals surface area contributed by atoms with Crippen molar-refractivity contribution < 1.29 is 4.79 Å². The Morgan fingerprint density at radius 1 is 1.24 bits per heavy atom. The molecule has 1 amide bonds. The molecule has 1 fully saturated rings. The van der Waals surface area contributed by atoms with Crippen LogP contribution in [-0.4, -0.2) is 39.3 Å². The van der Waals surface area contributed by atoms with Crippen LogP contribution in [0.2, 0.25) is 0 Å². The van der Waals surface area contributed by atoms with Crippen LogP contribution in [0, 0.1) is 0 Å². The third-order valence-corrected chi connectivity index (χ3v) is 5.46. The molecule has 0 saturated carbocycles. The number of hydrogen-bond acceptors (Lipinski definition) is 4. The SMILES string of the molecule is N[C@@H]1CCN(C(=O)c2ccc(SCc3cn4ccccc4n3)cc2)C1. The molecule has 1 saturated heterocycles. The van der Waals surface area contributed by atoms with E-state index in [2.05, 4.69) is 11.2 Å². The van der Waals surface area contributed by atoms with Crippen molar-refractivity contribution in [1.82, 2.24) is 14.3 Å². The van der Waals surface area contributed by atoms with Crippen LogP contribution in [0.5, 0.6) is 0 Å². The second-order valence-corrected chi connectivity index (χ2v) is 7.36. The van der Waals surface area contributed by atoms with E-state index in [0.29, 0.717) is 6.54 Å². The van der Waals surface area contributed by atoms with Crippen molar-refractivity contribution in [2.75, 3.05) is 13.1 Å². The first-order valence-electron chi connectivity index (χ1n) is 8.39. The average Bonchev–Trinajstić information content (AvgIpc) is 3.25. The lowest BCUT2D eigenvalue weighted by Gasteiger charge is -2.15. The molecule has 3 aromatic rings. The monoisotopic (exact) mass is 352 g/mol. The quantitative estimate of drug-likeness (QED) is 0.734. The number of carbonyl (C=O) groups is 1. The number of aromatic nitrogens is 2. The molecule has 1 aliphatic heterocycles. The number of hydrogen-bond donors (Lipinski definition) is 1. The summed E-state index contributed by atoms with van der Waals surface area (Å²) < 4.78 is 2.03. The molecule has 2 N–H and O–H groups in total. The number of nitrogens with zero attached hydrogens (tertiary/aromatic N) is 3. The first-order valence-corrected chi connectivity index (χ1v) is 9.38. The Hall–Kier alpha value is -2.31. The Balaban J connectivity index is 1.39. The second-order valence-electron chi connectivity index (χ2n) is 6.31. The lowest BCUT2D eigenvalue weighted by Crippen LogP contribution is -2.31. The second kappa shape index (κ2) is 6.90. The number of benzene rings is 1. The van der Waals surface area contributed by atoms with Gasteiger partial charge in [0.15, 0.2) is 0 Å². The summed E-state index contributed by atoms with van der Waals surface area (Å²) in [5, 5.41) is 0. The lowest BCUT2D eigenvalue weighted by molar-refractivity contribution is 0.0791. The molecule has 0 spiro atoms. The van der Waals surface area contributed by atoms with Gasteiger partial charge in [-0.05, 0) is 42.8 Å². The Kier molecular flexibility index (Phi) is 4.46. The number of pyridine rings is 1. The maximum Gasteiger partial charge on any atom is 0.253 e. The van der Waals surface area contributed by atoms with Crippen LogP contribution >= 0.6 is 11.8 Å². The molecule has 1 aromatic carbocycles. The number of imidazole rings is 1. The first-order chi connectivity index (χ1) is 12.2. The summed E-state index contributed by atoms with van der Waals surface area (Å²) in [6, 6.07) is 13.9. The van der Waals surface area contributed by atoms with Gasteiger partial charge in [-0.3, -0.25) is 4.79 Å². The molecule has 128 valence electrons. The van der Waals surface area contributed by atoms with Crippen molar-refractivity contribution >= 4 is 23.3 Å². The summed E-state index contributed by atoms with van der Waals surface area (Å²) in [5.41, 5.74) is 8.62. The van der Waals surface area contributed by atoms with Crippen LogP contribution in [0.25, 0.3) is 5.65 Å². The van der Waals surface area contributed by atoms with Crippen molar-refractivity contribution in [3.63, 3.8) is 0 Å². The number of likely N-dealkylation sites (tertiary alicyclic amines) is 1. The molecule has 0 radical (unpaired) electrons. The van der Waals surface area contributed by atoms with Gasteiger partial charge in [0.05, 0.1) is 5.69 Å². The summed E-state index contributed by atoms with van der Waals surface area (Å²) in [6.07, 6.45) is 4.94. The standard InChI is InChI=1S/C19H20N4OS/c20-15-8-10-23(11-15)19(24)14-4-6-17(7-5-14)25-13-16-12-22-9-2-1-3-18(22)21-16/h1-7,9,12,15H,8,10-11,13,20H2/t15-/m1/s1. The van der Waals surface area contributed by atoms with Crippen molar-refractivity contribution in [3.8, 4) is 0 Å². The highest BCUT2D eigenvalue weighted by Crippen LogP contribution is 2.23. The Bertz CT molecular complexity index is 857. The van der Waals surface area contributed by atoms with E-state index in [9.17, 15) is 4.79 Å². The maximum atomic E-state index is 12.4. The number of nitrogens with two attached hydrogens (primary N) is 1. The highest BCUT2D eigenvalue weighted by Gasteiger charge is 2.24. The number of amides is 1. The largest absolute Gasteiger partial charge is 0.337 e. The number of rotatable bonds is 4. The molecule has 2 aromatic heterocycles. The molecular formula is C19H20N4OS. The molecule has 1 atom stereocenters. The fraction of sp³-hybridized carbons (Fsp3) is 0.263. The van der Waals surface area contributed by atoms with Crippen LogP contribution < -0.4 is 5.73 Å². The van der Waals surface area contributed by atoms with Gasteiger partial charge in [0.1, 0.15) is 5.65 Å². The number of thioether (sulfide) groups is 1. The van der Waals surface area contributed by atoms with Crippen molar-refractivity contribution in [1.29, 1.82) is 0 Å². The van der Waals surface area contributed by atoms with E-state index in [0.717, 1.165) is 40.5 Å². The summed E-state index contributed by atoms with van der Waals surface area (Å²) in [7, 11) is 0. The minimum atomic E-state index is 0.0739. The zero-order valence-corrected chi connectivity index (χ0v) is 14.7. The highest BCUT2D eigenvalue weighted by atomic mass is 32.2. The van der Waals surface area contributed by atoms with Crippen LogP contribution in [0.1, 0.15) is 22.5 Å². The first kappa shape index (κ1) is 16.2. The molecule has 6 heteroatoms. The van der Waals surface area contributed by atoms with Gasteiger partial charge in [-0.15, -0.1) is 11.8 Å². The summed E-state index contributed by atoms with van der Waals surface area (Å²) in [5.74, 6) is 0.875. The highest BCUT2D eigenvalue weighted by molar-refractivity contribution is 7.98. The van der Waals surface area contributed by atoms with E-state index in [4.69, 9.17) is 5.73 Å². The Labute approximate surface area is 150 Å². The maximum absolute atomic E-state index is 12.4. The molecular weight excluding hydrogens is 332 g/mol. The Morgan fingerprint density at radius 3 is 2.80 bits per heavy atom. The predicted molar refractivity (Wildman–Crippen MR) is 99.7 cm³/mol. The Morgan fingerprint density at radius 2 is 2.08 bits per heavy atom. The fourth-order valence-electron chi connectivity index (χ4n) is 3.06. The third kappa shape index (κ3) is 3.55. The topological polar surface area (TPSA) is 63.6 Å².